The second-order valence-electron chi connectivity index (χ2n) is 3.39. The Bertz CT molecular complexity index is 128. The molecule has 0 spiro atoms. The summed E-state index contributed by atoms with van der Waals surface area (Å²) in [6, 6.07) is 0. The average molecular weight is 158 g/mol. The van der Waals surface area contributed by atoms with Gasteiger partial charge in [-0.25, -0.2) is 0 Å². The Kier molecular flexibility index (Phi) is 4.34. The Morgan fingerprint density at radius 3 is 2.36 bits per heavy atom. The molecule has 66 valence electrons. The van der Waals surface area contributed by atoms with Crippen LogP contribution in [0.5, 0.6) is 0 Å². The van der Waals surface area contributed by atoms with Gasteiger partial charge in [0.05, 0.1) is 5.60 Å². The van der Waals surface area contributed by atoms with Crippen LogP contribution >= 0.6 is 0 Å². The van der Waals surface area contributed by atoms with Crippen LogP contribution in [0, 0.1) is 0 Å². The summed E-state index contributed by atoms with van der Waals surface area (Å²) >= 11 is 0. The number of hydrogen-bond acceptors (Lipinski definition) is 2. The highest BCUT2D eigenvalue weighted by Gasteiger charge is 2.17. The predicted octanol–water partition coefficient (Wildman–Crippen LogP) is 2.17. The third-order valence-electron chi connectivity index (χ3n) is 1.61. The SMILES string of the molecule is CCOC(C)(C)CCC(C)=O. The molecular formula is C9H18O2. The van der Waals surface area contributed by atoms with Crippen LogP contribution in [-0.2, 0) is 9.53 Å². The molecule has 0 saturated carbocycles. The minimum absolute atomic E-state index is 0.138. The molecule has 0 aliphatic rings. The van der Waals surface area contributed by atoms with Crippen molar-refractivity contribution >= 4 is 5.78 Å². The summed E-state index contributed by atoms with van der Waals surface area (Å²) in [5.74, 6) is 0.234. The van der Waals surface area contributed by atoms with Crippen LogP contribution in [0.3, 0.4) is 0 Å². The lowest BCUT2D eigenvalue weighted by molar-refractivity contribution is -0.118. The number of ether oxygens (including phenoxy) is 1. The molecule has 0 unspecified atom stereocenters. The molecule has 0 fully saturated rings. The van der Waals surface area contributed by atoms with Gasteiger partial charge >= 0.3 is 0 Å². The van der Waals surface area contributed by atoms with E-state index >= 15 is 0 Å². The lowest BCUT2D eigenvalue weighted by atomic mass is 10.0. The van der Waals surface area contributed by atoms with Crippen molar-refractivity contribution in [2.75, 3.05) is 6.61 Å². The van der Waals surface area contributed by atoms with Gasteiger partial charge in [0, 0.05) is 13.0 Å². The molecule has 0 aromatic heterocycles. The summed E-state index contributed by atoms with van der Waals surface area (Å²) < 4.78 is 5.43. The van der Waals surface area contributed by atoms with E-state index in [4.69, 9.17) is 4.74 Å². The fourth-order valence-corrected chi connectivity index (χ4v) is 0.940. The van der Waals surface area contributed by atoms with Crippen LogP contribution in [0.15, 0.2) is 0 Å². The Balaban J connectivity index is 3.63. The highest BCUT2D eigenvalue weighted by Crippen LogP contribution is 2.16. The van der Waals surface area contributed by atoms with Crippen molar-refractivity contribution in [3.8, 4) is 0 Å². The molecule has 0 radical (unpaired) electrons. The fourth-order valence-electron chi connectivity index (χ4n) is 0.940. The summed E-state index contributed by atoms with van der Waals surface area (Å²) in [5.41, 5.74) is -0.138. The second-order valence-corrected chi connectivity index (χ2v) is 3.39. The van der Waals surface area contributed by atoms with E-state index < -0.39 is 0 Å². The molecule has 2 heteroatoms. The molecule has 0 aliphatic heterocycles. The molecule has 0 aromatic carbocycles. The maximum atomic E-state index is 10.6. The first-order chi connectivity index (χ1) is 4.98. The molecule has 0 N–H and O–H groups in total. The van der Waals surface area contributed by atoms with Gasteiger partial charge in [0.25, 0.3) is 0 Å². The predicted molar refractivity (Wildman–Crippen MR) is 45.6 cm³/mol. The lowest BCUT2D eigenvalue weighted by Gasteiger charge is -2.23. The highest BCUT2D eigenvalue weighted by molar-refractivity contribution is 5.75. The minimum atomic E-state index is -0.138. The first-order valence-corrected chi connectivity index (χ1v) is 4.11. The van der Waals surface area contributed by atoms with Crippen molar-refractivity contribution < 1.29 is 9.53 Å². The van der Waals surface area contributed by atoms with E-state index in [0.717, 1.165) is 6.42 Å². The zero-order valence-corrected chi connectivity index (χ0v) is 7.94. The van der Waals surface area contributed by atoms with E-state index in [9.17, 15) is 4.79 Å². The number of ketones is 1. The number of hydrogen-bond donors (Lipinski definition) is 0. The van der Waals surface area contributed by atoms with Crippen molar-refractivity contribution in [1.82, 2.24) is 0 Å². The van der Waals surface area contributed by atoms with Gasteiger partial charge in [-0.15, -0.1) is 0 Å². The van der Waals surface area contributed by atoms with Crippen LogP contribution in [0.1, 0.15) is 40.5 Å². The molecular weight excluding hydrogens is 140 g/mol. The maximum absolute atomic E-state index is 10.6. The summed E-state index contributed by atoms with van der Waals surface area (Å²) in [4.78, 5) is 10.6. The molecule has 0 saturated heterocycles. The standard InChI is InChI=1S/C9H18O2/c1-5-11-9(3,4)7-6-8(2)10/h5-7H2,1-4H3. The molecule has 0 atom stereocenters. The second kappa shape index (κ2) is 4.50. The fraction of sp³-hybridized carbons (Fsp3) is 0.889. The maximum Gasteiger partial charge on any atom is 0.129 e. The Morgan fingerprint density at radius 2 is 2.00 bits per heavy atom. The zero-order valence-electron chi connectivity index (χ0n) is 7.94. The average Bonchev–Trinajstić information content (AvgIpc) is 1.84. The van der Waals surface area contributed by atoms with Crippen LogP contribution in [0.25, 0.3) is 0 Å². The largest absolute Gasteiger partial charge is 0.376 e. The first kappa shape index (κ1) is 10.6. The van der Waals surface area contributed by atoms with Crippen molar-refractivity contribution in [1.29, 1.82) is 0 Å². The van der Waals surface area contributed by atoms with Gasteiger partial charge in [-0.2, -0.15) is 0 Å². The van der Waals surface area contributed by atoms with Gasteiger partial charge in [0.2, 0.25) is 0 Å². The van der Waals surface area contributed by atoms with E-state index in [1.54, 1.807) is 6.92 Å². The number of Topliss-reactive ketones (excluding diaryl/α,β-unsaturated/α-hetero) is 1. The molecule has 0 rings (SSSR count). The van der Waals surface area contributed by atoms with Gasteiger partial charge in [0.1, 0.15) is 5.78 Å². The third-order valence-corrected chi connectivity index (χ3v) is 1.61. The minimum Gasteiger partial charge on any atom is -0.376 e. The summed E-state index contributed by atoms with van der Waals surface area (Å²) in [6.45, 7) is 8.32. The van der Waals surface area contributed by atoms with Crippen LogP contribution in [0.4, 0.5) is 0 Å². The monoisotopic (exact) mass is 158 g/mol. The number of carbonyl (C=O) groups excluding carboxylic acids is 1. The molecule has 0 aliphatic carbocycles. The Hall–Kier alpha value is -0.370. The normalized spacial score (nSPS) is 11.6. The molecule has 0 bridgehead atoms. The van der Waals surface area contributed by atoms with Crippen LogP contribution < -0.4 is 0 Å². The van der Waals surface area contributed by atoms with Crippen LogP contribution in [-0.4, -0.2) is 18.0 Å². The Morgan fingerprint density at radius 1 is 1.45 bits per heavy atom. The van der Waals surface area contributed by atoms with Crippen molar-refractivity contribution in [3.05, 3.63) is 0 Å². The molecule has 2 nitrogen and oxygen atoms in total. The van der Waals surface area contributed by atoms with Crippen molar-refractivity contribution in [3.63, 3.8) is 0 Å². The number of carbonyl (C=O) groups is 1. The van der Waals surface area contributed by atoms with Crippen LogP contribution in [0.2, 0.25) is 0 Å². The zero-order chi connectivity index (χ0) is 8.91. The van der Waals surface area contributed by atoms with E-state index in [0.29, 0.717) is 13.0 Å². The molecule has 0 aromatic rings. The van der Waals surface area contributed by atoms with E-state index in [1.165, 1.54) is 0 Å². The van der Waals surface area contributed by atoms with Crippen molar-refractivity contribution in [2.45, 2.75) is 46.1 Å². The summed E-state index contributed by atoms with van der Waals surface area (Å²) in [7, 11) is 0. The Labute approximate surface area is 68.9 Å². The van der Waals surface area contributed by atoms with Gasteiger partial charge in [-0.3, -0.25) is 0 Å². The van der Waals surface area contributed by atoms with Gasteiger partial charge in [-0.05, 0) is 34.1 Å². The summed E-state index contributed by atoms with van der Waals surface area (Å²) in [5, 5.41) is 0. The topological polar surface area (TPSA) is 26.3 Å². The molecule has 0 amide bonds. The van der Waals surface area contributed by atoms with Gasteiger partial charge < -0.3 is 9.53 Å². The smallest absolute Gasteiger partial charge is 0.129 e. The third kappa shape index (κ3) is 6.05. The number of rotatable bonds is 5. The van der Waals surface area contributed by atoms with Gasteiger partial charge in [-0.1, -0.05) is 0 Å². The highest BCUT2D eigenvalue weighted by atomic mass is 16.5. The molecule has 11 heavy (non-hydrogen) atoms. The van der Waals surface area contributed by atoms with E-state index in [1.807, 2.05) is 20.8 Å². The summed E-state index contributed by atoms with van der Waals surface area (Å²) in [6.07, 6.45) is 1.43. The van der Waals surface area contributed by atoms with Gasteiger partial charge in [0.15, 0.2) is 0 Å². The lowest BCUT2D eigenvalue weighted by Crippen LogP contribution is -2.24. The van der Waals surface area contributed by atoms with E-state index in [2.05, 4.69) is 0 Å². The molecule has 0 heterocycles. The first-order valence-electron chi connectivity index (χ1n) is 4.11. The quantitative estimate of drug-likeness (QED) is 0.613. The van der Waals surface area contributed by atoms with E-state index in [-0.39, 0.29) is 11.4 Å². The van der Waals surface area contributed by atoms with Crippen molar-refractivity contribution in [2.24, 2.45) is 0 Å².